The Balaban J connectivity index is -0.00000000267. The average molecular weight is 435 g/mol. The van der Waals surface area contributed by atoms with Crippen molar-refractivity contribution >= 4 is 0 Å². The fraction of sp³-hybridized carbons (Fsp3) is 0. The van der Waals surface area contributed by atoms with Gasteiger partial charge in [-0.3, -0.25) is 0 Å². The van der Waals surface area contributed by atoms with Crippen molar-refractivity contribution < 1.29 is 85.3 Å². The van der Waals surface area contributed by atoms with Gasteiger partial charge in [0.1, 0.15) is 0 Å². The summed E-state index contributed by atoms with van der Waals surface area (Å²) in [4.78, 5) is 0. The van der Waals surface area contributed by atoms with E-state index in [2.05, 4.69) is 0 Å². The first kappa shape index (κ1) is 130. The Morgan fingerprint density at radius 3 is 0.294 bits per heavy atom. The number of nitrogens with zero attached hydrogens (tertiary/aromatic N) is 6. The minimum atomic E-state index is 0. The minimum absolute atomic E-state index is 0. The molecule has 0 aromatic carbocycles. The van der Waals surface area contributed by atoms with Gasteiger partial charge in [-0.05, 0) is 0 Å². The Labute approximate surface area is 155 Å². The number of rotatable bonds is 0. The molecule has 0 saturated heterocycles. The van der Waals surface area contributed by atoms with Crippen molar-refractivity contribution in [3.8, 4) is 0 Å². The molecule has 0 radical (unpaired) electrons. The van der Waals surface area contributed by atoms with Crippen LogP contribution >= 0.6 is 0 Å². The molecule has 0 fully saturated rings. The van der Waals surface area contributed by atoms with Gasteiger partial charge in [0.05, 0.1) is 0 Å². The first-order chi connectivity index (χ1) is 6.00. The van der Waals surface area contributed by atoms with Crippen molar-refractivity contribution in [3.63, 3.8) is 0 Å². The summed E-state index contributed by atoms with van der Waals surface area (Å²) in [6.45, 7) is 28.5. The van der Waals surface area contributed by atoms with Gasteiger partial charge in [0.15, 0.2) is 0 Å². The molecule has 11 heteroatoms. The zero-order valence-corrected chi connectivity index (χ0v) is 13.0. The molecule has 0 heterocycles. The average Bonchev–Trinajstić information content (AvgIpc) is 2.33. The van der Waals surface area contributed by atoms with Gasteiger partial charge in [-0.2, -0.15) is 0 Å². The Hall–Kier alpha value is -0.463. The monoisotopic (exact) mass is 436 g/mol. The van der Waals surface area contributed by atoms with Crippen molar-refractivity contribution in [2.24, 2.45) is 0 Å². The molecule has 0 aromatic rings. The van der Waals surface area contributed by atoms with Crippen LogP contribution in [0.15, 0.2) is 0 Å². The van der Waals surface area contributed by atoms with E-state index >= 15 is 0 Å². The molecule has 0 saturated carbocycles. The van der Waals surface area contributed by atoms with E-state index in [1.165, 1.54) is 0 Å². The third-order valence-electron chi connectivity index (χ3n) is 0. The smallest absolute Gasteiger partial charge is 0.512 e. The quantitative estimate of drug-likeness (QED) is 0.402. The van der Waals surface area contributed by atoms with Crippen LogP contribution in [0.2, 0.25) is 0 Å². The van der Waals surface area contributed by atoms with Gasteiger partial charge >= 0.3 is 17.1 Å². The molecule has 0 unspecified atom stereocenters. The van der Waals surface area contributed by atoms with E-state index in [0.29, 0.717) is 0 Å². The Morgan fingerprint density at radius 2 is 0.294 bits per heavy atom. The predicted molar refractivity (Wildman–Crippen MR) is 29.8 cm³/mol. The summed E-state index contributed by atoms with van der Waals surface area (Å²) in [7, 11) is 0. The topological polar surface area (TPSA) is 143 Å². The fourth-order valence-electron chi connectivity index (χ4n) is 0. The van der Waals surface area contributed by atoms with Crippen LogP contribution in [0.4, 0.5) is 0 Å². The van der Waals surface area contributed by atoms with Crippen LogP contribution in [0.3, 0.4) is 0 Å². The normalized spacial score (nSPS) is 0.706. The zero-order valence-electron chi connectivity index (χ0n) is 7.45. The van der Waals surface area contributed by atoms with Gasteiger partial charge in [0, 0.05) is 68.3 Å². The van der Waals surface area contributed by atoms with Crippen LogP contribution in [-0.2, 0) is 85.3 Å². The third-order valence-corrected chi connectivity index (χ3v) is 0. The second-order valence-electron chi connectivity index (χ2n) is 0. The van der Waals surface area contributed by atoms with Crippen molar-refractivity contribution in [2.45, 2.75) is 0 Å². The molecular formula is C6Fe5N6-2. The summed E-state index contributed by atoms with van der Waals surface area (Å²) in [6.07, 6.45) is 0. The third kappa shape index (κ3) is 13300. The largest absolute Gasteiger partial charge is 4.00 e. The molecule has 0 atom stereocenters. The van der Waals surface area contributed by atoms with Crippen molar-refractivity contribution in [3.05, 3.63) is 39.4 Å². The summed E-state index contributed by atoms with van der Waals surface area (Å²) in [5.41, 5.74) is 0. The fourth-order valence-corrected chi connectivity index (χ4v) is 0. The zero-order chi connectivity index (χ0) is 12.0. The van der Waals surface area contributed by atoms with E-state index in [4.69, 9.17) is 71.0 Å². The Kier molecular flexibility index (Phi) is 118000. The maximum Gasteiger partial charge on any atom is 4.00 e. The van der Waals surface area contributed by atoms with E-state index in [9.17, 15) is 0 Å². The van der Waals surface area contributed by atoms with Crippen LogP contribution in [-0.4, -0.2) is 0 Å². The molecule has 0 spiro atoms. The molecule has 6 nitrogen and oxygen atoms in total. The van der Waals surface area contributed by atoms with E-state index in [1.807, 2.05) is 0 Å². The molecule has 0 aromatic heterocycles. The van der Waals surface area contributed by atoms with Crippen LogP contribution in [0.5, 0.6) is 0 Å². The first-order valence-corrected chi connectivity index (χ1v) is 1.34. The van der Waals surface area contributed by atoms with E-state index in [-0.39, 0.29) is 85.3 Å². The second-order valence-corrected chi connectivity index (χ2v) is 0. The molecule has 0 amide bonds. The van der Waals surface area contributed by atoms with Gasteiger partial charge < -0.3 is 71.0 Å². The van der Waals surface area contributed by atoms with Crippen LogP contribution in [0.25, 0.3) is 0 Å². The SMILES string of the molecule is [C-]#N.[C-]#N.[C-]#N.[C-]#N.[C-]#N.[C-]#N.[Fe+4].[Fe].[Fe].[Fe].[Fe]. The van der Waals surface area contributed by atoms with Gasteiger partial charge in [-0.15, -0.1) is 0 Å². The predicted octanol–water partition coefficient (Wildman–Crippen LogP) is 0.566. The Morgan fingerprint density at radius 1 is 0.294 bits per heavy atom. The molecule has 0 rings (SSSR count). The summed E-state index contributed by atoms with van der Waals surface area (Å²) in [5.74, 6) is 0. The second kappa shape index (κ2) is 15300. The number of hydrogen-bond donors (Lipinski definition) is 0. The van der Waals surface area contributed by atoms with Gasteiger partial charge in [0.2, 0.25) is 0 Å². The van der Waals surface area contributed by atoms with Gasteiger partial charge in [0.25, 0.3) is 0 Å². The maximum atomic E-state index is 6.25. The number of hydrogen-bond acceptors (Lipinski definition) is 6. The van der Waals surface area contributed by atoms with Crippen molar-refractivity contribution in [2.75, 3.05) is 0 Å². The summed E-state index contributed by atoms with van der Waals surface area (Å²) in [6, 6.07) is 0. The van der Waals surface area contributed by atoms with E-state index < -0.39 is 0 Å². The summed E-state index contributed by atoms with van der Waals surface area (Å²) < 4.78 is 0. The molecule has 0 aliphatic rings. The van der Waals surface area contributed by atoms with E-state index in [0.717, 1.165) is 0 Å². The van der Waals surface area contributed by atoms with Gasteiger partial charge in [-0.25, -0.2) is 0 Å². The van der Waals surface area contributed by atoms with Crippen molar-refractivity contribution in [1.82, 2.24) is 0 Å². The van der Waals surface area contributed by atoms with Gasteiger partial charge in [-0.1, -0.05) is 0 Å². The first-order valence-electron chi connectivity index (χ1n) is 1.34. The summed E-state index contributed by atoms with van der Waals surface area (Å²) >= 11 is 0. The maximum absolute atomic E-state index is 6.25. The molecule has 96 valence electrons. The van der Waals surface area contributed by atoms with E-state index in [1.54, 1.807) is 0 Å². The van der Waals surface area contributed by atoms with Crippen LogP contribution in [0.1, 0.15) is 0 Å². The molecule has 17 heavy (non-hydrogen) atoms. The van der Waals surface area contributed by atoms with Crippen LogP contribution in [0, 0.1) is 71.0 Å². The molecule has 0 aliphatic heterocycles. The minimum Gasteiger partial charge on any atom is -0.512 e. The summed E-state index contributed by atoms with van der Waals surface area (Å²) in [5, 5.41) is 37.5. The molecule has 0 N–H and O–H groups in total. The van der Waals surface area contributed by atoms with Crippen molar-refractivity contribution in [1.29, 1.82) is 31.6 Å². The molecule has 0 aliphatic carbocycles. The molecule has 0 bridgehead atoms. The van der Waals surface area contributed by atoms with Crippen LogP contribution < -0.4 is 0 Å². The standard InChI is InChI=1S/6CN.5Fe/c6*1-2;;;;;/q6*-1;;;;;+4. The Bertz CT molecular complexity index is 102. The molecular weight excluding hydrogens is 435 g/mol.